The highest BCUT2D eigenvalue weighted by Gasteiger charge is 2.25. The molecule has 0 aliphatic heterocycles. The van der Waals surface area contributed by atoms with Gasteiger partial charge in [-0.05, 0) is 17.2 Å². The summed E-state index contributed by atoms with van der Waals surface area (Å²) in [5, 5.41) is 9.31. The molecule has 5 nitrogen and oxygen atoms in total. The van der Waals surface area contributed by atoms with Crippen molar-refractivity contribution in [3.05, 3.63) is 67.2 Å². The van der Waals surface area contributed by atoms with E-state index < -0.39 is 22.8 Å². The Morgan fingerprint density at radius 1 is 1.33 bits per heavy atom. The van der Waals surface area contributed by atoms with Gasteiger partial charge in [0.25, 0.3) is 0 Å². The fourth-order valence-corrected chi connectivity index (χ4v) is 4.48. The lowest BCUT2D eigenvalue weighted by molar-refractivity contribution is 0.0697. The molecule has 0 atom stereocenters. The molecule has 0 spiro atoms. The van der Waals surface area contributed by atoms with Crippen LogP contribution in [0.3, 0.4) is 0 Å². The van der Waals surface area contributed by atoms with Crippen LogP contribution in [0.4, 0.5) is 4.39 Å². The summed E-state index contributed by atoms with van der Waals surface area (Å²) >= 11 is 7.59. The van der Waals surface area contributed by atoms with Crippen molar-refractivity contribution in [1.82, 2.24) is 4.40 Å². The first-order valence-electron chi connectivity index (χ1n) is 7.85. The van der Waals surface area contributed by atoms with Crippen molar-refractivity contribution in [2.45, 2.75) is 6.54 Å². The van der Waals surface area contributed by atoms with E-state index in [4.69, 9.17) is 17.3 Å². The molecule has 0 saturated heterocycles. The molecule has 0 aliphatic carbocycles. The van der Waals surface area contributed by atoms with Crippen LogP contribution in [0.2, 0.25) is 5.02 Å². The molecular formula is C19H12ClFN2O3S. The SMILES string of the molecule is C=c1sc2c(C(=O)O)c(=O)c3cc(F)c(-c4ccc(CN)cc4)c(Cl)c3n12. The van der Waals surface area contributed by atoms with Crippen LogP contribution in [-0.4, -0.2) is 15.5 Å². The number of benzene rings is 2. The van der Waals surface area contributed by atoms with Crippen LogP contribution in [-0.2, 0) is 6.54 Å². The molecule has 0 unspecified atom stereocenters. The maximum Gasteiger partial charge on any atom is 0.342 e. The number of carboxylic acid groups (broad SMARTS) is 1. The van der Waals surface area contributed by atoms with Crippen molar-refractivity contribution in [2.24, 2.45) is 5.73 Å². The largest absolute Gasteiger partial charge is 0.477 e. The monoisotopic (exact) mass is 402 g/mol. The molecule has 0 fully saturated rings. The Bertz CT molecular complexity index is 1340. The van der Waals surface area contributed by atoms with Crippen LogP contribution in [0.5, 0.6) is 0 Å². The summed E-state index contributed by atoms with van der Waals surface area (Å²) in [5.74, 6) is -2.08. The number of aromatic carboxylic acids is 1. The number of carbonyl (C=O) groups is 1. The van der Waals surface area contributed by atoms with Gasteiger partial charge in [0, 0.05) is 12.1 Å². The van der Waals surface area contributed by atoms with E-state index in [1.54, 1.807) is 24.3 Å². The van der Waals surface area contributed by atoms with Crippen molar-refractivity contribution in [3.63, 3.8) is 0 Å². The molecule has 8 heteroatoms. The lowest BCUT2D eigenvalue weighted by Crippen LogP contribution is -2.26. The number of fused-ring (bicyclic) bond motifs is 3. The smallest absolute Gasteiger partial charge is 0.342 e. The number of halogens is 2. The van der Waals surface area contributed by atoms with E-state index in [1.165, 1.54) is 4.40 Å². The number of hydrogen-bond acceptors (Lipinski definition) is 4. The minimum Gasteiger partial charge on any atom is -0.477 e. The van der Waals surface area contributed by atoms with Crippen molar-refractivity contribution in [1.29, 1.82) is 0 Å². The average molecular weight is 403 g/mol. The molecule has 3 N–H and O–H groups in total. The Labute approximate surface area is 160 Å². The Balaban J connectivity index is 2.15. The number of hydrogen-bond donors (Lipinski definition) is 2. The summed E-state index contributed by atoms with van der Waals surface area (Å²) in [4.78, 5) is 24.4. The average Bonchev–Trinajstić information content (AvgIpc) is 2.62. The summed E-state index contributed by atoms with van der Waals surface area (Å²) in [5.41, 5.74) is 6.21. The summed E-state index contributed by atoms with van der Waals surface area (Å²) in [6, 6.07) is 7.96. The van der Waals surface area contributed by atoms with Crippen LogP contribution in [0.25, 0.3) is 33.4 Å². The quantitative estimate of drug-likeness (QED) is 0.551. The third-order valence-corrected chi connectivity index (χ3v) is 5.83. The topological polar surface area (TPSA) is 84.8 Å². The van der Waals surface area contributed by atoms with E-state index in [1.807, 2.05) is 0 Å². The third kappa shape index (κ3) is 2.47. The predicted molar refractivity (Wildman–Crippen MR) is 105 cm³/mol. The van der Waals surface area contributed by atoms with E-state index >= 15 is 0 Å². The van der Waals surface area contributed by atoms with Crippen LogP contribution in [0, 0.1) is 5.82 Å². The van der Waals surface area contributed by atoms with Gasteiger partial charge in [-0.15, -0.1) is 0 Å². The van der Waals surface area contributed by atoms with Crippen LogP contribution < -0.4 is 15.8 Å². The fraction of sp³-hybridized carbons (Fsp3) is 0.0526. The van der Waals surface area contributed by atoms with Gasteiger partial charge >= 0.3 is 5.97 Å². The molecule has 0 amide bonds. The number of nitrogens with two attached hydrogens (primary N) is 1. The van der Waals surface area contributed by atoms with Crippen molar-refractivity contribution >= 4 is 51.2 Å². The van der Waals surface area contributed by atoms with E-state index in [2.05, 4.69) is 6.58 Å². The normalized spacial score (nSPS) is 11.5. The van der Waals surface area contributed by atoms with E-state index in [9.17, 15) is 19.1 Å². The third-order valence-electron chi connectivity index (χ3n) is 4.46. The molecule has 136 valence electrons. The summed E-state index contributed by atoms with van der Waals surface area (Å²) in [6.45, 7) is 4.19. The maximum absolute atomic E-state index is 14.9. The van der Waals surface area contributed by atoms with Crippen LogP contribution in [0.15, 0.2) is 35.1 Å². The molecule has 0 radical (unpaired) electrons. The zero-order valence-corrected chi connectivity index (χ0v) is 15.3. The van der Waals surface area contributed by atoms with Crippen molar-refractivity contribution in [3.8, 4) is 11.1 Å². The van der Waals surface area contributed by atoms with E-state index in [-0.39, 0.29) is 26.3 Å². The highest BCUT2D eigenvalue weighted by atomic mass is 35.5. The number of rotatable bonds is 3. The molecular weight excluding hydrogens is 391 g/mol. The molecule has 27 heavy (non-hydrogen) atoms. The van der Waals surface area contributed by atoms with Crippen molar-refractivity contribution in [2.75, 3.05) is 0 Å². The summed E-state index contributed by atoms with van der Waals surface area (Å²) < 4.78 is 16.9. The molecule has 4 rings (SSSR count). The molecule has 0 aliphatic rings. The second-order valence-corrected chi connectivity index (χ2v) is 7.43. The van der Waals surface area contributed by atoms with Gasteiger partial charge in [0.05, 0.1) is 20.6 Å². The lowest BCUT2D eigenvalue weighted by atomic mass is 10.00. The molecule has 2 aromatic heterocycles. The first kappa shape index (κ1) is 17.7. The zero-order chi connectivity index (χ0) is 19.5. The van der Waals surface area contributed by atoms with Gasteiger partial charge in [-0.3, -0.25) is 9.20 Å². The Morgan fingerprint density at radius 3 is 2.56 bits per heavy atom. The lowest BCUT2D eigenvalue weighted by Gasteiger charge is -2.16. The molecule has 4 aromatic rings. The molecule has 2 aromatic carbocycles. The number of nitrogens with zero attached hydrogens (tertiary/aromatic N) is 1. The van der Waals surface area contributed by atoms with Crippen LogP contribution in [0.1, 0.15) is 15.9 Å². The predicted octanol–water partition coefficient (Wildman–Crippen LogP) is 3.26. The van der Waals surface area contributed by atoms with Gasteiger partial charge in [-0.2, -0.15) is 0 Å². The highest BCUT2D eigenvalue weighted by Crippen LogP contribution is 2.37. The highest BCUT2D eigenvalue weighted by molar-refractivity contribution is 7.17. The first-order chi connectivity index (χ1) is 12.8. The number of pyridine rings is 1. The Kier molecular flexibility index (Phi) is 4.03. The Hall–Kier alpha value is -2.74. The number of aromatic nitrogens is 1. The summed E-state index contributed by atoms with van der Waals surface area (Å²) in [6.07, 6.45) is 0. The standard InChI is InChI=1S/C19H12ClFN2O3S/c1-8-23-16-11(17(24)14(19(25)26)18(23)27-8)6-12(21)13(15(16)20)10-4-2-9(7-22)3-5-10/h2-6H,1,7,22H2,(H,25,26). The van der Waals surface area contributed by atoms with E-state index in [0.717, 1.165) is 23.0 Å². The number of carboxylic acids is 1. The zero-order valence-electron chi connectivity index (χ0n) is 13.8. The second-order valence-electron chi connectivity index (χ2n) is 5.99. The summed E-state index contributed by atoms with van der Waals surface area (Å²) in [7, 11) is 0. The minimum absolute atomic E-state index is 0.0298. The van der Waals surface area contributed by atoms with Crippen LogP contribution >= 0.6 is 22.9 Å². The Morgan fingerprint density at radius 2 is 2.00 bits per heavy atom. The fourth-order valence-electron chi connectivity index (χ4n) is 3.16. The van der Waals surface area contributed by atoms with Gasteiger partial charge in [-0.25, -0.2) is 9.18 Å². The second kappa shape index (κ2) is 6.16. The van der Waals surface area contributed by atoms with Gasteiger partial charge < -0.3 is 10.8 Å². The molecule has 2 heterocycles. The van der Waals surface area contributed by atoms with Gasteiger partial charge in [0.2, 0.25) is 5.43 Å². The molecule has 0 saturated carbocycles. The maximum atomic E-state index is 14.9. The first-order valence-corrected chi connectivity index (χ1v) is 9.05. The van der Waals surface area contributed by atoms with Gasteiger partial charge in [0.1, 0.15) is 16.2 Å². The van der Waals surface area contributed by atoms with Crippen molar-refractivity contribution < 1.29 is 14.3 Å². The van der Waals surface area contributed by atoms with Gasteiger partial charge in [0.15, 0.2) is 0 Å². The van der Waals surface area contributed by atoms with E-state index in [0.29, 0.717) is 16.8 Å². The van der Waals surface area contributed by atoms with Gasteiger partial charge in [-0.1, -0.05) is 53.8 Å². The minimum atomic E-state index is -1.37. The molecule has 0 bridgehead atoms.